The number of rotatable bonds is 5. The summed E-state index contributed by atoms with van der Waals surface area (Å²) in [6.45, 7) is 2.93. The van der Waals surface area contributed by atoms with Gasteiger partial charge in [0.05, 0.1) is 10.2 Å². The first-order valence-electron chi connectivity index (χ1n) is 6.08. The number of aromatic nitrogens is 2. The lowest BCUT2D eigenvalue weighted by molar-refractivity contribution is 0.952. The third kappa shape index (κ3) is 4.07. The first-order chi connectivity index (χ1) is 9.60. The van der Waals surface area contributed by atoms with Crippen molar-refractivity contribution in [3.63, 3.8) is 0 Å². The fourth-order valence-electron chi connectivity index (χ4n) is 1.50. The fourth-order valence-corrected chi connectivity index (χ4v) is 2.57. The maximum atomic E-state index is 5.93. The average Bonchev–Trinajstić information content (AvgIpc) is 2.42. The van der Waals surface area contributed by atoms with Crippen LogP contribution in [-0.2, 0) is 0 Å². The van der Waals surface area contributed by atoms with Crippen LogP contribution in [0.4, 0.5) is 17.5 Å². The van der Waals surface area contributed by atoms with Crippen molar-refractivity contribution < 1.29 is 0 Å². The number of nitrogens with one attached hydrogen (secondary N) is 2. The zero-order valence-corrected chi connectivity index (χ0v) is 14.7. The van der Waals surface area contributed by atoms with E-state index in [9.17, 15) is 0 Å². The van der Waals surface area contributed by atoms with Gasteiger partial charge in [0.25, 0.3) is 0 Å². The van der Waals surface area contributed by atoms with Gasteiger partial charge in [0.1, 0.15) is 5.82 Å². The highest BCUT2D eigenvalue weighted by Crippen LogP contribution is 2.30. The minimum absolute atomic E-state index is 0.600. The van der Waals surface area contributed by atoms with Crippen molar-refractivity contribution in [3.05, 3.63) is 38.4 Å². The van der Waals surface area contributed by atoms with Gasteiger partial charge in [0.2, 0.25) is 5.95 Å². The first-order valence-corrected chi connectivity index (χ1v) is 8.05. The van der Waals surface area contributed by atoms with E-state index in [-0.39, 0.29) is 0 Å². The summed E-state index contributed by atoms with van der Waals surface area (Å²) in [5, 5.41) is 7.07. The van der Waals surface area contributed by atoms with Crippen LogP contribution in [0.15, 0.2) is 33.3 Å². The van der Waals surface area contributed by atoms with E-state index in [0.717, 1.165) is 27.6 Å². The Morgan fingerprint density at radius 1 is 1.25 bits per heavy atom. The maximum Gasteiger partial charge on any atom is 0.224 e. The molecule has 4 nitrogen and oxygen atoms in total. The van der Waals surface area contributed by atoms with Crippen molar-refractivity contribution in [2.45, 2.75) is 13.3 Å². The highest BCUT2D eigenvalue weighted by Gasteiger charge is 2.07. The lowest BCUT2D eigenvalue weighted by Gasteiger charge is -2.11. The molecular formula is C13H13Br2ClN4. The molecule has 0 atom stereocenters. The molecule has 1 heterocycles. The summed E-state index contributed by atoms with van der Waals surface area (Å²) in [5.74, 6) is 1.30. The van der Waals surface area contributed by atoms with Gasteiger partial charge in [-0.3, -0.25) is 0 Å². The SMILES string of the molecule is CCCNc1ncc(Br)c(Nc2ccc(Cl)cc2Br)n1. The maximum absolute atomic E-state index is 5.93. The Morgan fingerprint density at radius 2 is 2.05 bits per heavy atom. The molecule has 0 aliphatic heterocycles. The Kier molecular flexibility index (Phi) is 5.63. The summed E-state index contributed by atoms with van der Waals surface area (Å²) in [7, 11) is 0. The van der Waals surface area contributed by atoms with Crippen LogP contribution in [0.3, 0.4) is 0 Å². The molecule has 0 saturated carbocycles. The molecule has 2 aromatic rings. The predicted molar refractivity (Wildman–Crippen MR) is 90.9 cm³/mol. The molecule has 0 radical (unpaired) electrons. The largest absolute Gasteiger partial charge is 0.354 e. The monoisotopic (exact) mass is 418 g/mol. The molecular weight excluding hydrogens is 407 g/mol. The van der Waals surface area contributed by atoms with Crippen LogP contribution in [0.5, 0.6) is 0 Å². The van der Waals surface area contributed by atoms with E-state index in [4.69, 9.17) is 11.6 Å². The molecule has 2 N–H and O–H groups in total. The number of benzene rings is 1. The Morgan fingerprint density at radius 3 is 2.75 bits per heavy atom. The fraction of sp³-hybridized carbons (Fsp3) is 0.231. The van der Waals surface area contributed by atoms with Crippen molar-refractivity contribution in [1.29, 1.82) is 0 Å². The number of anilines is 3. The molecule has 0 aliphatic rings. The summed E-state index contributed by atoms with van der Waals surface area (Å²) in [4.78, 5) is 8.65. The van der Waals surface area contributed by atoms with E-state index in [0.29, 0.717) is 16.8 Å². The lowest BCUT2D eigenvalue weighted by atomic mass is 10.3. The van der Waals surface area contributed by atoms with Crippen LogP contribution >= 0.6 is 43.5 Å². The molecule has 0 spiro atoms. The average molecular weight is 421 g/mol. The summed E-state index contributed by atoms with van der Waals surface area (Å²) in [5.41, 5.74) is 0.884. The van der Waals surface area contributed by atoms with Gasteiger partial charge >= 0.3 is 0 Å². The van der Waals surface area contributed by atoms with Crippen molar-refractivity contribution in [3.8, 4) is 0 Å². The Balaban J connectivity index is 2.23. The van der Waals surface area contributed by atoms with Crippen LogP contribution in [0.25, 0.3) is 0 Å². The summed E-state index contributed by atoms with van der Waals surface area (Å²) in [6, 6.07) is 5.54. The highest BCUT2D eigenvalue weighted by atomic mass is 79.9. The van der Waals surface area contributed by atoms with E-state index in [1.807, 2.05) is 18.2 Å². The Bertz CT molecular complexity index is 607. The molecule has 0 aliphatic carbocycles. The minimum atomic E-state index is 0.600. The minimum Gasteiger partial charge on any atom is -0.354 e. The summed E-state index contributed by atoms with van der Waals surface area (Å²) >= 11 is 12.8. The zero-order chi connectivity index (χ0) is 14.5. The van der Waals surface area contributed by atoms with Crippen molar-refractivity contribution in [1.82, 2.24) is 9.97 Å². The van der Waals surface area contributed by atoms with Gasteiger partial charge in [-0.1, -0.05) is 18.5 Å². The van der Waals surface area contributed by atoms with E-state index < -0.39 is 0 Å². The number of nitrogens with zero attached hydrogens (tertiary/aromatic N) is 2. The van der Waals surface area contributed by atoms with Crippen molar-refractivity contribution in [2.24, 2.45) is 0 Å². The van der Waals surface area contributed by atoms with E-state index >= 15 is 0 Å². The molecule has 0 saturated heterocycles. The van der Waals surface area contributed by atoms with Crippen LogP contribution in [-0.4, -0.2) is 16.5 Å². The van der Waals surface area contributed by atoms with E-state index in [1.165, 1.54) is 0 Å². The molecule has 0 amide bonds. The topological polar surface area (TPSA) is 49.8 Å². The molecule has 20 heavy (non-hydrogen) atoms. The highest BCUT2D eigenvalue weighted by molar-refractivity contribution is 9.11. The van der Waals surface area contributed by atoms with E-state index in [2.05, 4.69) is 59.4 Å². The predicted octanol–water partition coefficient (Wildman–Crippen LogP) is 5.22. The van der Waals surface area contributed by atoms with Crippen LogP contribution in [0, 0.1) is 0 Å². The molecule has 0 bridgehead atoms. The van der Waals surface area contributed by atoms with Gasteiger partial charge in [0, 0.05) is 22.2 Å². The van der Waals surface area contributed by atoms with Crippen molar-refractivity contribution >= 4 is 60.9 Å². The normalized spacial score (nSPS) is 10.4. The van der Waals surface area contributed by atoms with Gasteiger partial charge in [0.15, 0.2) is 0 Å². The van der Waals surface area contributed by atoms with Gasteiger partial charge in [-0.2, -0.15) is 4.98 Å². The second-order valence-corrected chi connectivity index (χ2v) is 6.21. The second-order valence-electron chi connectivity index (χ2n) is 4.07. The number of halogens is 3. The zero-order valence-electron chi connectivity index (χ0n) is 10.8. The third-order valence-electron chi connectivity index (χ3n) is 2.46. The lowest BCUT2D eigenvalue weighted by Crippen LogP contribution is -2.06. The van der Waals surface area contributed by atoms with Crippen molar-refractivity contribution in [2.75, 3.05) is 17.2 Å². The van der Waals surface area contributed by atoms with E-state index in [1.54, 1.807) is 6.20 Å². The quantitative estimate of drug-likeness (QED) is 0.696. The molecule has 1 aromatic carbocycles. The Hall–Kier alpha value is -0.850. The third-order valence-corrected chi connectivity index (χ3v) is 3.93. The van der Waals surface area contributed by atoms with Gasteiger partial charge in [-0.15, -0.1) is 0 Å². The van der Waals surface area contributed by atoms with Gasteiger partial charge in [-0.25, -0.2) is 4.98 Å². The molecule has 106 valence electrons. The Labute approximate surface area is 139 Å². The first kappa shape index (κ1) is 15.5. The molecule has 7 heteroatoms. The van der Waals surface area contributed by atoms with Crippen LogP contribution < -0.4 is 10.6 Å². The smallest absolute Gasteiger partial charge is 0.224 e. The summed E-state index contributed by atoms with van der Waals surface area (Å²) in [6.07, 6.45) is 2.74. The summed E-state index contributed by atoms with van der Waals surface area (Å²) < 4.78 is 1.67. The molecule has 0 unspecified atom stereocenters. The van der Waals surface area contributed by atoms with Gasteiger partial charge < -0.3 is 10.6 Å². The standard InChI is InChI=1S/C13H13Br2ClN4/c1-2-5-17-13-18-7-10(15)12(20-13)19-11-4-3-8(16)6-9(11)14/h3-4,6-7H,2,5H2,1H3,(H2,17,18,19,20). The molecule has 0 fully saturated rings. The molecule has 1 aromatic heterocycles. The van der Waals surface area contributed by atoms with Crippen LogP contribution in [0.2, 0.25) is 5.02 Å². The molecule has 2 rings (SSSR count). The second kappa shape index (κ2) is 7.24. The van der Waals surface area contributed by atoms with Gasteiger partial charge in [-0.05, 0) is 56.5 Å². The number of hydrogen-bond donors (Lipinski definition) is 2. The van der Waals surface area contributed by atoms with Crippen LogP contribution in [0.1, 0.15) is 13.3 Å². The number of hydrogen-bond acceptors (Lipinski definition) is 4.